The zero-order valence-corrected chi connectivity index (χ0v) is 19.2. The largest absolute Gasteiger partial charge is 0.495 e. The average molecular weight is 493 g/mol. The molecule has 10 heteroatoms. The Morgan fingerprint density at radius 2 is 1.65 bits per heavy atom. The number of carbonyl (C=O) groups excluding carboxylic acids is 1. The van der Waals surface area contributed by atoms with Crippen molar-refractivity contribution in [2.24, 2.45) is 0 Å². The lowest BCUT2D eigenvalue weighted by Gasteiger charge is -2.20. The maximum absolute atomic E-state index is 13.2. The van der Waals surface area contributed by atoms with Gasteiger partial charge in [0.05, 0.1) is 12.7 Å². The molecule has 0 aromatic heterocycles. The summed E-state index contributed by atoms with van der Waals surface area (Å²) in [4.78, 5) is 12.9. The van der Waals surface area contributed by atoms with Gasteiger partial charge in [-0.05, 0) is 60.9 Å². The molecule has 2 N–H and O–H groups in total. The summed E-state index contributed by atoms with van der Waals surface area (Å²) in [7, 11) is -2.86. The SMILES string of the molecule is COc1ccc(C)cc1S(=O)(=O)N[C@@H](Cc1ccccc1)C(=O)Nc1ccc(C(F)(F)F)cc1. The lowest BCUT2D eigenvalue weighted by atomic mass is 10.1. The first-order chi connectivity index (χ1) is 16.0. The smallest absolute Gasteiger partial charge is 0.416 e. The number of amides is 1. The molecule has 34 heavy (non-hydrogen) atoms. The number of aryl methyl sites for hydroxylation is 1. The van der Waals surface area contributed by atoms with Gasteiger partial charge < -0.3 is 10.1 Å². The van der Waals surface area contributed by atoms with Gasteiger partial charge in [0.1, 0.15) is 16.7 Å². The number of benzene rings is 3. The number of carbonyl (C=O) groups is 1. The summed E-state index contributed by atoms with van der Waals surface area (Å²) in [6.07, 6.45) is -4.50. The molecule has 0 saturated heterocycles. The lowest BCUT2D eigenvalue weighted by Crippen LogP contribution is -2.45. The third-order valence-electron chi connectivity index (χ3n) is 4.98. The van der Waals surface area contributed by atoms with E-state index in [-0.39, 0.29) is 22.8 Å². The fraction of sp³-hybridized carbons (Fsp3) is 0.208. The highest BCUT2D eigenvalue weighted by Crippen LogP contribution is 2.30. The van der Waals surface area contributed by atoms with Crippen LogP contribution in [0.3, 0.4) is 0 Å². The topological polar surface area (TPSA) is 84.5 Å². The number of sulfonamides is 1. The number of anilines is 1. The van der Waals surface area contributed by atoms with E-state index in [0.29, 0.717) is 11.1 Å². The second-order valence-corrected chi connectivity index (χ2v) is 9.26. The number of ether oxygens (including phenoxy) is 1. The average Bonchev–Trinajstić information content (AvgIpc) is 2.79. The number of hydrogen-bond acceptors (Lipinski definition) is 4. The van der Waals surface area contributed by atoms with Gasteiger partial charge in [-0.3, -0.25) is 4.79 Å². The van der Waals surface area contributed by atoms with Crippen LogP contribution in [0.1, 0.15) is 16.7 Å². The molecule has 0 bridgehead atoms. The predicted molar refractivity (Wildman–Crippen MR) is 122 cm³/mol. The van der Waals surface area contributed by atoms with E-state index in [0.717, 1.165) is 24.3 Å². The summed E-state index contributed by atoms with van der Waals surface area (Å²) < 4.78 is 72.4. The molecule has 6 nitrogen and oxygen atoms in total. The second kappa shape index (κ2) is 10.3. The van der Waals surface area contributed by atoms with Crippen molar-refractivity contribution in [2.75, 3.05) is 12.4 Å². The first-order valence-corrected chi connectivity index (χ1v) is 11.7. The molecule has 180 valence electrons. The maximum Gasteiger partial charge on any atom is 0.416 e. The van der Waals surface area contributed by atoms with Crippen LogP contribution in [0.5, 0.6) is 5.75 Å². The Labute approximate surface area is 195 Å². The number of nitrogens with one attached hydrogen (secondary N) is 2. The number of hydrogen-bond donors (Lipinski definition) is 2. The van der Waals surface area contributed by atoms with E-state index in [1.807, 2.05) is 0 Å². The molecular formula is C24H23F3N2O4S. The lowest BCUT2D eigenvalue weighted by molar-refractivity contribution is -0.137. The summed E-state index contributed by atoms with van der Waals surface area (Å²) in [5, 5.41) is 2.49. The van der Waals surface area contributed by atoms with E-state index in [1.165, 1.54) is 19.2 Å². The minimum atomic E-state index is -4.51. The van der Waals surface area contributed by atoms with Crippen LogP contribution >= 0.6 is 0 Å². The van der Waals surface area contributed by atoms with E-state index >= 15 is 0 Å². The van der Waals surface area contributed by atoms with Gasteiger partial charge in [-0.25, -0.2) is 8.42 Å². The Kier molecular flexibility index (Phi) is 7.63. The van der Waals surface area contributed by atoms with Crippen LogP contribution < -0.4 is 14.8 Å². The van der Waals surface area contributed by atoms with Crippen LogP contribution in [0.4, 0.5) is 18.9 Å². The molecule has 0 fully saturated rings. The first-order valence-electron chi connectivity index (χ1n) is 10.2. The summed E-state index contributed by atoms with van der Waals surface area (Å²) in [5.41, 5.74) is 0.603. The van der Waals surface area contributed by atoms with Gasteiger partial charge in [0.25, 0.3) is 0 Å². The third-order valence-corrected chi connectivity index (χ3v) is 6.48. The molecule has 3 rings (SSSR count). The van der Waals surface area contributed by atoms with E-state index in [1.54, 1.807) is 43.3 Å². The van der Waals surface area contributed by atoms with E-state index in [9.17, 15) is 26.4 Å². The van der Waals surface area contributed by atoms with Crippen molar-refractivity contribution in [3.05, 3.63) is 89.5 Å². The first kappa shape index (κ1) is 25.3. The van der Waals surface area contributed by atoms with Crippen LogP contribution in [-0.4, -0.2) is 27.5 Å². The number of methoxy groups -OCH3 is 1. The van der Waals surface area contributed by atoms with Gasteiger partial charge in [0, 0.05) is 5.69 Å². The Balaban J connectivity index is 1.89. The highest BCUT2D eigenvalue weighted by atomic mass is 32.2. The summed E-state index contributed by atoms with van der Waals surface area (Å²) in [6.45, 7) is 1.72. The summed E-state index contributed by atoms with van der Waals surface area (Å²) in [6, 6.07) is 16.0. The van der Waals surface area contributed by atoms with Crippen molar-refractivity contribution < 1.29 is 31.1 Å². The quantitative estimate of drug-likeness (QED) is 0.483. The van der Waals surface area contributed by atoms with Crippen LogP contribution in [0, 0.1) is 6.92 Å². The molecule has 0 aliphatic carbocycles. The van der Waals surface area contributed by atoms with Gasteiger partial charge in [0.2, 0.25) is 15.9 Å². The molecule has 1 atom stereocenters. The highest BCUT2D eigenvalue weighted by molar-refractivity contribution is 7.89. The van der Waals surface area contributed by atoms with Crippen LogP contribution in [0.25, 0.3) is 0 Å². The van der Waals surface area contributed by atoms with Crippen molar-refractivity contribution in [3.8, 4) is 5.75 Å². The van der Waals surface area contributed by atoms with Crippen LogP contribution in [-0.2, 0) is 27.4 Å². The minimum absolute atomic E-state index is 0.0146. The Hall–Kier alpha value is -3.37. The molecule has 0 aliphatic heterocycles. The van der Waals surface area contributed by atoms with Crippen molar-refractivity contribution >= 4 is 21.6 Å². The molecule has 0 radical (unpaired) electrons. The molecular weight excluding hydrogens is 469 g/mol. The Morgan fingerprint density at radius 1 is 1.00 bits per heavy atom. The molecule has 1 amide bonds. The highest BCUT2D eigenvalue weighted by Gasteiger charge is 2.31. The molecule has 3 aromatic rings. The normalized spacial score (nSPS) is 12.7. The van der Waals surface area contributed by atoms with Crippen LogP contribution in [0.15, 0.2) is 77.7 Å². The Bertz CT molecular complexity index is 1250. The maximum atomic E-state index is 13.2. The second-order valence-electron chi connectivity index (χ2n) is 7.58. The standard InChI is InChI=1S/C24H23F3N2O4S/c1-16-8-13-21(33-2)22(14-16)34(31,32)29-20(15-17-6-4-3-5-7-17)23(30)28-19-11-9-18(10-12-19)24(25,26)27/h3-14,20,29H,15H2,1-2H3,(H,28,30)/t20-/m0/s1. The molecule has 0 aliphatic rings. The van der Waals surface area contributed by atoms with Gasteiger partial charge in [0.15, 0.2) is 0 Å². The molecule has 0 unspecified atom stereocenters. The van der Waals surface area contributed by atoms with Crippen molar-refractivity contribution in [2.45, 2.75) is 30.5 Å². The van der Waals surface area contributed by atoms with E-state index < -0.39 is 33.7 Å². The van der Waals surface area contributed by atoms with Gasteiger partial charge in [-0.1, -0.05) is 36.4 Å². The van der Waals surface area contributed by atoms with Gasteiger partial charge >= 0.3 is 6.18 Å². The fourth-order valence-electron chi connectivity index (χ4n) is 3.25. The van der Waals surface area contributed by atoms with E-state index in [2.05, 4.69) is 10.0 Å². The number of alkyl halides is 3. The number of halogens is 3. The van der Waals surface area contributed by atoms with Crippen LogP contribution in [0.2, 0.25) is 0 Å². The van der Waals surface area contributed by atoms with E-state index in [4.69, 9.17) is 4.74 Å². The van der Waals surface area contributed by atoms with Crippen molar-refractivity contribution in [1.29, 1.82) is 0 Å². The summed E-state index contributed by atoms with van der Waals surface area (Å²) in [5.74, 6) is -0.612. The molecule has 0 saturated carbocycles. The molecule has 0 spiro atoms. The third kappa shape index (κ3) is 6.36. The minimum Gasteiger partial charge on any atom is -0.495 e. The predicted octanol–water partition coefficient (Wildman–Crippen LogP) is 4.55. The zero-order valence-electron chi connectivity index (χ0n) is 18.4. The van der Waals surface area contributed by atoms with Crippen molar-refractivity contribution in [1.82, 2.24) is 4.72 Å². The monoisotopic (exact) mass is 492 g/mol. The van der Waals surface area contributed by atoms with Crippen molar-refractivity contribution in [3.63, 3.8) is 0 Å². The Morgan fingerprint density at radius 3 is 2.24 bits per heavy atom. The van der Waals surface area contributed by atoms with Gasteiger partial charge in [-0.2, -0.15) is 17.9 Å². The molecule has 0 heterocycles. The molecule has 3 aromatic carbocycles. The number of rotatable bonds is 8. The van der Waals surface area contributed by atoms with Gasteiger partial charge in [-0.15, -0.1) is 0 Å². The summed E-state index contributed by atoms with van der Waals surface area (Å²) >= 11 is 0. The fourth-order valence-corrected chi connectivity index (χ4v) is 4.70. The zero-order chi connectivity index (χ0) is 24.9.